The molecule has 0 radical (unpaired) electrons. The lowest BCUT2D eigenvalue weighted by atomic mass is 10.1. The fourth-order valence-electron chi connectivity index (χ4n) is 2.10. The van der Waals surface area contributed by atoms with Gasteiger partial charge in [-0.1, -0.05) is 30.3 Å². The quantitative estimate of drug-likeness (QED) is 0.767. The Bertz CT molecular complexity index is 713. The normalized spacial score (nSPS) is 10.8. The SMILES string of the molecule is Cc1cccc2c(COc3ccccc3O)coc12. The number of benzene rings is 2. The number of phenolic OH excluding ortho intramolecular Hbond substituents is 1. The van der Waals surface area contributed by atoms with Crippen molar-refractivity contribution in [2.45, 2.75) is 13.5 Å². The van der Waals surface area contributed by atoms with Crippen LogP contribution in [0, 0.1) is 6.92 Å². The molecule has 3 aromatic rings. The molecule has 0 amide bonds. The van der Waals surface area contributed by atoms with Crippen LogP contribution >= 0.6 is 0 Å². The molecular weight excluding hydrogens is 240 g/mol. The van der Waals surface area contributed by atoms with Gasteiger partial charge in [-0.05, 0) is 24.6 Å². The zero-order valence-electron chi connectivity index (χ0n) is 10.6. The first kappa shape index (κ1) is 11.7. The third-order valence-electron chi connectivity index (χ3n) is 3.13. The highest BCUT2D eigenvalue weighted by Crippen LogP contribution is 2.28. The number of rotatable bonds is 3. The summed E-state index contributed by atoms with van der Waals surface area (Å²) in [5.41, 5.74) is 2.96. The van der Waals surface area contributed by atoms with E-state index < -0.39 is 0 Å². The maximum atomic E-state index is 9.65. The van der Waals surface area contributed by atoms with Crippen molar-refractivity contribution >= 4 is 11.0 Å². The van der Waals surface area contributed by atoms with Crippen LogP contribution in [0.2, 0.25) is 0 Å². The van der Waals surface area contributed by atoms with Crippen molar-refractivity contribution in [2.24, 2.45) is 0 Å². The minimum atomic E-state index is 0.145. The first-order chi connectivity index (χ1) is 9.25. The monoisotopic (exact) mass is 254 g/mol. The van der Waals surface area contributed by atoms with E-state index in [1.807, 2.05) is 31.2 Å². The molecule has 1 aromatic heterocycles. The van der Waals surface area contributed by atoms with Crippen molar-refractivity contribution in [1.82, 2.24) is 0 Å². The first-order valence-corrected chi connectivity index (χ1v) is 6.12. The average Bonchev–Trinajstić information content (AvgIpc) is 2.83. The highest BCUT2D eigenvalue weighted by molar-refractivity contribution is 5.83. The van der Waals surface area contributed by atoms with Gasteiger partial charge in [0.25, 0.3) is 0 Å². The highest BCUT2D eigenvalue weighted by Gasteiger charge is 2.09. The van der Waals surface area contributed by atoms with E-state index >= 15 is 0 Å². The van der Waals surface area contributed by atoms with Crippen LogP contribution in [0.1, 0.15) is 11.1 Å². The van der Waals surface area contributed by atoms with Crippen molar-refractivity contribution in [3.63, 3.8) is 0 Å². The van der Waals surface area contributed by atoms with Crippen LogP contribution in [0.4, 0.5) is 0 Å². The Balaban J connectivity index is 1.87. The molecule has 0 saturated heterocycles. The topological polar surface area (TPSA) is 42.6 Å². The van der Waals surface area contributed by atoms with Crippen LogP contribution in [0.25, 0.3) is 11.0 Å². The standard InChI is InChI=1S/C16H14O3/c1-11-5-4-6-13-12(10-19-16(11)13)9-18-15-8-3-2-7-14(15)17/h2-8,10,17H,9H2,1H3. The zero-order valence-corrected chi connectivity index (χ0v) is 10.6. The third kappa shape index (κ3) is 2.15. The summed E-state index contributed by atoms with van der Waals surface area (Å²) in [5.74, 6) is 0.621. The molecule has 96 valence electrons. The minimum absolute atomic E-state index is 0.145. The lowest BCUT2D eigenvalue weighted by Gasteiger charge is -2.06. The third-order valence-corrected chi connectivity index (χ3v) is 3.13. The number of aromatic hydroxyl groups is 1. The largest absolute Gasteiger partial charge is 0.504 e. The molecule has 0 aliphatic rings. The van der Waals surface area contributed by atoms with Gasteiger partial charge in [0.1, 0.15) is 12.2 Å². The second-order valence-corrected chi connectivity index (χ2v) is 4.47. The van der Waals surface area contributed by atoms with Crippen molar-refractivity contribution in [3.05, 3.63) is 59.9 Å². The van der Waals surface area contributed by atoms with Crippen molar-refractivity contribution in [3.8, 4) is 11.5 Å². The number of phenols is 1. The summed E-state index contributed by atoms with van der Waals surface area (Å²) in [7, 11) is 0. The predicted octanol–water partition coefficient (Wildman–Crippen LogP) is 4.03. The van der Waals surface area contributed by atoms with Crippen molar-refractivity contribution in [1.29, 1.82) is 0 Å². The van der Waals surface area contributed by atoms with Gasteiger partial charge in [-0.15, -0.1) is 0 Å². The Hall–Kier alpha value is -2.42. The van der Waals surface area contributed by atoms with Crippen LogP contribution < -0.4 is 4.74 Å². The maximum Gasteiger partial charge on any atom is 0.161 e. The van der Waals surface area contributed by atoms with E-state index in [0.717, 1.165) is 22.1 Å². The van der Waals surface area contributed by atoms with E-state index in [1.54, 1.807) is 24.5 Å². The van der Waals surface area contributed by atoms with E-state index in [2.05, 4.69) is 0 Å². The minimum Gasteiger partial charge on any atom is -0.504 e. The molecule has 0 bridgehead atoms. The second kappa shape index (κ2) is 4.69. The molecule has 0 atom stereocenters. The lowest BCUT2D eigenvalue weighted by Crippen LogP contribution is -1.94. The van der Waals surface area contributed by atoms with Crippen LogP contribution in [0.15, 0.2) is 53.1 Å². The molecule has 3 nitrogen and oxygen atoms in total. The molecule has 3 rings (SSSR count). The number of fused-ring (bicyclic) bond motifs is 1. The number of para-hydroxylation sites is 3. The molecule has 3 heteroatoms. The van der Waals surface area contributed by atoms with Gasteiger partial charge < -0.3 is 14.3 Å². The number of ether oxygens (including phenoxy) is 1. The van der Waals surface area contributed by atoms with Crippen molar-refractivity contribution in [2.75, 3.05) is 0 Å². The summed E-state index contributed by atoms with van der Waals surface area (Å²) in [6.45, 7) is 2.38. The molecule has 0 fully saturated rings. The smallest absolute Gasteiger partial charge is 0.161 e. The number of hydrogen-bond donors (Lipinski definition) is 1. The molecule has 0 aliphatic carbocycles. The lowest BCUT2D eigenvalue weighted by molar-refractivity contribution is 0.289. The maximum absolute atomic E-state index is 9.65. The van der Waals surface area contributed by atoms with Crippen LogP contribution in [0.5, 0.6) is 11.5 Å². The van der Waals surface area contributed by atoms with E-state index in [-0.39, 0.29) is 5.75 Å². The van der Waals surface area contributed by atoms with Crippen molar-refractivity contribution < 1.29 is 14.3 Å². The zero-order chi connectivity index (χ0) is 13.2. The second-order valence-electron chi connectivity index (χ2n) is 4.47. The van der Waals surface area contributed by atoms with Gasteiger partial charge in [-0.3, -0.25) is 0 Å². The first-order valence-electron chi connectivity index (χ1n) is 6.12. The highest BCUT2D eigenvalue weighted by atomic mass is 16.5. The Kier molecular flexibility index (Phi) is 2.88. The van der Waals surface area contributed by atoms with E-state index in [4.69, 9.17) is 9.15 Å². The molecule has 0 unspecified atom stereocenters. The summed E-state index contributed by atoms with van der Waals surface area (Å²) < 4.78 is 11.2. The molecule has 1 N–H and O–H groups in total. The molecule has 0 saturated carbocycles. The Labute approximate surface area is 111 Å². The van der Waals surface area contributed by atoms with Gasteiger partial charge in [-0.25, -0.2) is 0 Å². The number of furan rings is 1. The van der Waals surface area contributed by atoms with Gasteiger partial charge in [0, 0.05) is 10.9 Å². The van der Waals surface area contributed by atoms with Gasteiger partial charge >= 0.3 is 0 Å². The summed E-state index contributed by atoms with van der Waals surface area (Å²) in [5, 5.41) is 10.7. The number of hydrogen-bond acceptors (Lipinski definition) is 3. The van der Waals surface area contributed by atoms with Gasteiger partial charge in [-0.2, -0.15) is 0 Å². The van der Waals surface area contributed by atoms with Crippen LogP contribution in [-0.2, 0) is 6.61 Å². The van der Waals surface area contributed by atoms with E-state index in [1.165, 1.54) is 0 Å². The molecule has 2 aromatic carbocycles. The molecular formula is C16H14O3. The van der Waals surface area contributed by atoms with Crippen LogP contribution in [0.3, 0.4) is 0 Å². The van der Waals surface area contributed by atoms with E-state index in [0.29, 0.717) is 12.4 Å². The van der Waals surface area contributed by atoms with Crippen LogP contribution in [-0.4, -0.2) is 5.11 Å². The molecule has 19 heavy (non-hydrogen) atoms. The van der Waals surface area contributed by atoms with Gasteiger partial charge in [0.05, 0.1) is 6.26 Å². The fraction of sp³-hybridized carbons (Fsp3) is 0.125. The van der Waals surface area contributed by atoms with Gasteiger partial charge in [0.15, 0.2) is 11.5 Å². The summed E-state index contributed by atoms with van der Waals surface area (Å²) in [6, 6.07) is 13.0. The number of aryl methyl sites for hydroxylation is 1. The summed E-state index contributed by atoms with van der Waals surface area (Å²) >= 11 is 0. The van der Waals surface area contributed by atoms with Gasteiger partial charge in [0.2, 0.25) is 0 Å². The van der Waals surface area contributed by atoms with E-state index in [9.17, 15) is 5.11 Å². The Morgan fingerprint density at radius 1 is 1.11 bits per heavy atom. The summed E-state index contributed by atoms with van der Waals surface area (Å²) in [6.07, 6.45) is 1.71. The average molecular weight is 254 g/mol. The molecule has 0 spiro atoms. The predicted molar refractivity (Wildman–Crippen MR) is 73.4 cm³/mol. The fourth-order valence-corrected chi connectivity index (χ4v) is 2.10. The Morgan fingerprint density at radius 3 is 2.79 bits per heavy atom. The Morgan fingerprint density at radius 2 is 1.95 bits per heavy atom. The molecule has 0 aliphatic heterocycles. The summed E-state index contributed by atoms with van der Waals surface area (Å²) in [4.78, 5) is 0. The molecule has 1 heterocycles.